The quantitative estimate of drug-likeness (QED) is 0.869. The molecule has 5 heteroatoms. The van der Waals surface area contributed by atoms with Gasteiger partial charge in [0.2, 0.25) is 0 Å². The molecule has 0 saturated heterocycles. The molecule has 0 spiro atoms. The summed E-state index contributed by atoms with van der Waals surface area (Å²) >= 11 is 0. The summed E-state index contributed by atoms with van der Waals surface area (Å²) in [5.74, 6) is 0.443. The molecule has 2 nitrogen and oxygen atoms in total. The Bertz CT molecular complexity index is 567. The minimum absolute atomic E-state index is 0.172. The molecule has 0 saturated carbocycles. The summed E-state index contributed by atoms with van der Waals surface area (Å²) in [6.45, 7) is 0.875. The predicted molar refractivity (Wildman–Crippen MR) is 78.6 cm³/mol. The maximum atomic E-state index is 12.6. The highest BCUT2D eigenvalue weighted by Gasteiger charge is 2.30. The number of quaternary nitrogens is 1. The zero-order valence-electron chi connectivity index (χ0n) is 12.3. The lowest BCUT2D eigenvalue weighted by Gasteiger charge is -2.19. The Morgan fingerprint density at radius 2 is 1.64 bits per heavy atom. The van der Waals surface area contributed by atoms with Crippen molar-refractivity contribution in [1.82, 2.24) is 0 Å². The first kappa shape index (κ1) is 16.4. The van der Waals surface area contributed by atoms with Crippen LogP contribution in [0.15, 0.2) is 54.6 Å². The van der Waals surface area contributed by atoms with Crippen molar-refractivity contribution in [1.29, 1.82) is 0 Å². The molecule has 22 heavy (non-hydrogen) atoms. The van der Waals surface area contributed by atoms with Crippen LogP contribution in [0.25, 0.3) is 0 Å². The molecule has 2 aromatic rings. The van der Waals surface area contributed by atoms with Crippen LogP contribution in [-0.4, -0.2) is 13.6 Å². The summed E-state index contributed by atoms with van der Waals surface area (Å²) in [6, 6.07) is 14.5. The standard InChI is InChI=1S/C17H18F3NO/c1-21-12-11-16(13-5-3-2-4-6-13)22-15-9-7-14(8-10-15)17(18,19)20/h2-10,16,21H,11-12H2,1H3/p+1/t16-/m1/s1. The third-order valence-corrected chi connectivity index (χ3v) is 3.35. The van der Waals surface area contributed by atoms with Crippen LogP contribution in [0.5, 0.6) is 5.75 Å². The van der Waals surface area contributed by atoms with Crippen molar-refractivity contribution in [3.05, 3.63) is 65.7 Å². The molecule has 0 aliphatic rings. The summed E-state index contributed by atoms with van der Waals surface area (Å²) in [4.78, 5) is 0. The largest absolute Gasteiger partial charge is 0.486 e. The second-order valence-corrected chi connectivity index (χ2v) is 5.02. The lowest BCUT2D eigenvalue weighted by atomic mass is 10.1. The molecule has 2 rings (SSSR count). The first-order valence-corrected chi connectivity index (χ1v) is 7.17. The Labute approximate surface area is 127 Å². The minimum atomic E-state index is -4.32. The first-order chi connectivity index (χ1) is 10.5. The molecule has 2 aromatic carbocycles. The van der Waals surface area contributed by atoms with Gasteiger partial charge in [0.15, 0.2) is 0 Å². The fourth-order valence-electron chi connectivity index (χ4n) is 2.17. The average Bonchev–Trinajstić information content (AvgIpc) is 2.52. The molecule has 0 bridgehead atoms. The van der Waals surface area contributed by atoms with E-state index in [4.69, 9.17) is 4.74 Å². The van der Waals surface area contributed by atoms with Gasteiger partial charge in [-0.2, -0.15) is 13.2 Å². The Morgan fingerprint density at radius 3 is 2.18 bits per heavy atom. The van der Waals surface area contributed by atoms with E-state index in [1.807, 2.05) is 42.7 Å². The second-order valence-electron chi connectivity index (χ2n) is 5.02. The van der Waals surface area contributed by atoms with Crippen molar-refractivity contribution >= 4 is 0 Å². The normalized spacial score (nSPS) is 12.9. The molecular formula is C17H19F3NO+. The molecule has 0 aromatic heterocycles. The van der Waals surface area contributed by atoms with E-state index < -0.39 is 11.7 Å². The number of alkyl halides is 3. The highest BCUT2D eigenvalue weighted by atomic mass is 19.4. The van der Waals surface area contributed by atoms with Crippen LogP contribution in [0.4, 0.5) is 13.2 Å². The molecule has 118 valence electrons. The second kappa shape index (κ2) is 7.31. The van der Waals surface area contributed by atoms with E-state index in [9.17, 15) is 13.2 Å². The van der Waals surface area contributed by atoms with Crippen LogP contribution >= 0.6 is 0 Å². The van der Waals surface area contributed by atoms with Crippen molar-refractivity contribution in [3.63, 3.8) is 0 Å². The topological polar surface area (TPSA) is 25.8 Å². The number of benzene rings is 2. The highest BCUT2D eigenvalue weighted by molar-refractivity contribution is 5.30. The predicted octanol–water partition coefficient (Wildman–Crippen LogP) is 3.41. The van der Waals surface area contributed by atoms with E-state index >= 15 is 0 Å². The molecule has 0 amide bonds. The van der Waals surface area contributed by atoms with Crippen molar-refractivity contribution in [2.75, 3.05) is 13.6 Å². The first-order valence-electron chi connectivity index (χ1n) is 7.17. The summed E-state index contributed by atoms with van der Waals surface area (Å²) in [5, 5.41) is 2.05. The van der Waals surface area contributed by atoms with Crippen molar-refractivity contribution < 1.29 is 23.2 Å². The van der Waals surface area contributed by atoms with Gasteiger partial charge in [-0.1, -0.05) is 30.3 Å². The highest BCUT2D eigenvalue weighted by Crippen LogP contribution is 2.31. The van der Waals surface area contributed by atoms with E-state index in [0.717, 1.165) is 30.7 Å². The van der Waals surface area contributed by atoms with Crippen LogP contribution in [0.2, 0.25) is 0 Å². The zero-order chi connectivity index (χ0) is 16.0. The van der Waals surface area contributed by atoms with Crippen LogP contribution in [-0.2, 0) is 6.18 Å². The van der Waals surface area contributed by atoms with Gasteiger partial charge < -0.3 is 10.1 Å². The molecule has 1 atom stereocenters. The Morgan fingerprint density at radius 1 is 1.00 bits per heavy atom. The summed E-state index contributed by atoms with van der Waals surface area (Å²) in [5.41, 5.74) is 0.349. The summed E-state index contributed by atoms with van der Waals surface area (Å²) < 4.78 is 43.6. The maximum absolute atomic E-state index is 12.6. The summed E-state index contributed by atoms with van der Waals surface area (Å²) in [7, 11) is 1.97. The van der Waals surface area contributed by atoms with Gasteiger partial charge in [-0.15, -0.1) is 0 Å². The molecule has 0 aliphatic carbocycles. The lowest BCUT2D eigenvalue weighted by Crippen LogP contribution is -2.79. The van der Waals surface area contributed by atoms with E-state index in [1.165, 1.54) is 12.1 Å². The fraction of sp³-hybridized carbons (Fsp3) is 0.294. The Kier molecular flexibility index (Phi) is 5.44. The lowest BCUT2D eigenvalue weighted by molar-refractivity contribution is -0.628. The van der Waals surface area contributed by atoms with E-state index in [2.05, 4.69) is 0 Å². The third-order valence-electron chi connectivity index (χ3n) is 3.35. The SMILES string of the molecule is C[NH2+]CC[C@@H](Oc1ccc(C(F)(F)F)cc1)c1ccccc1. The van der Waals surface area contributed by atoms with Crippen LogP contribution in [0.3, 0.4) is 0 Å². The Hall–Kier alpha value is -2.01. The molecule has 0 aliphatic heterocycles. The average molecular weight is 310 g/mol. The molecular weight excluding hydrogens is 291 g/mol. The van der Waals surface area contributed by atoms with Gasteiger partial charge in [-0.05, 0) is 29.8 Å². The molecule has 0 heterocycles. The van der Waals surface area contributed by atoms with E-state index in [-0.39, 0.29) is 6.10 Å². The van der Waals surface area contributed by atoms with Gasteiger partial charge in [-0.25, -0.2) is 0 Å². The summed E-state index contributed by atoms with van der Waals surface area (Å²) in [6.07, 6.45) is -3.72. The fourth-order valence-corrected chi connectivity index (χ4v) is 2.17. The van der Waals surface area contributed by atoms with Crippen LogP contribution in [0.1, 0.15) is 23.7 Å². The number of ether oxygens (including phenoxy) is 1. The zero-order valence-corrected chi connectivity index (χ0v) is 12.3. The maximum Gasteiger partial charge on any atom is 0.416 e. The van der Waals surface area contributed by atoms with Gasteiger partial charge >= 0.3 is 6.18 Å². The Balaban J connectivity index is 2.13. The molecule has 0 fully saturated rings. The molecule has 0 radical (unpaired) electrons. The molecule has 2 N–H and O–H groups in total. The monoisotopic (exact) mass is 310 g/mol. The van der Waals surface area contributed by atoms with Crippen LogP contribution in [0, 0.1) is 0 Å². The number of nitrogens with two attached hydrogens (primary N) is 1. The van der Waals surface area contributed by atoms with Crippen molar-refractivity contribution in [2.24, 2.45) is 0 Å². The van der Waals surface area contributed by atoms with Gasteiger partial charge in [-0.3, -0.25) is 0 Å². The minimum Gasteiger partial charge on any atom is -0.486 e. The number of hydrogen-bond donors (Lipinski definition) is 1. The van der Waals surface area contributed by atoms with Gasteiger partial charge in [0, 0.05) is 6.42 Å². The van der Waals surface area contributed by atoms with E-state index in [1.54, 1.807) is 0 Å². The van der Waals surface area contributed by atoms with Crippen LogP contribution < -0.4 is 10.1 Å². The third kappa shape index (κ3) is 4.49. The number of rotatable bonds is 6. The number of halogens is 3. The smallest absolute Gasteiger partial charge is 0.416 e. The van der Waals surface area contributed by atoms with Crippen molar-refractivity contribution in [3.8, 4) is 5.75 Å². The van der Waals surface area contributed by atoms with Gasteiger partial charge in [0.25, 0.3) is 0 Å². The van der Waals surface area contributed by atoms with Gasteiger partial charge in [0.05, 0.1) is 19.2 Å². The van der Waals surface area contributed by atoms with Gasteiger partial charge in [0.1, 0.15) is 11.9 Å². The number of hydrogen-bond acceptors (Lipinski definition) is 1. The van der Waals surface area contributed by atoms with Crippen molar-refractivity contribution in [2.45, 2.75) is 18.7 Å². The molecule has 0 unspecified atom stereocenters. The van der Waals surface area contributed by atoms with E-state index in [0.29, 0.717) is 5.75 Å².